The van der Waals surface area contributed by atoms with Crippen LogP contribution in [0.3, 0.4) is 0 Å². The third-order valence-corrected chi connectivity index (χ3v) is 3.30. The molecule has 1 aromatic rings. The van der Waals surface area contributed by atoms with Gasteiger partial charge in [0.25, 0.3) is 0 Å². The molecule has 0 saturated heterocycles. The molecule has 0 spiro atoms. The van der Waals surface area contributed by atoms with Gasteiger partial charge in [-0.15, -0.1) is 11.6 Å². The second-order valence-electron chi connectivity index (χ2n) is 4.60. The van der Waals surface area contributed by atoms with Crippen molar-refractivity contribution in [1.29, 1.82) is 0 Å². The highest BCUT2D eigenvalue weighted by atomic mass is 35.5. The van der Waals surface area contributed by atoms with Gasteiger partial charge in [-0.25, -0.2) is 0 Å². The highest BCUT2D eigenvalue weighted by molar-refractivity contribution is 6.17. The molecule has 0 aliphatic rings. The zero-order chi connectivity index (χ0) is 14.3. The van der Waals surface area contributed by atoms with Crippen LogP contribution in [-0.4, -0.2) is 42.6 Å². The van der Waals surface area contributed by atoms with E-state index >= 15 is 0 Å². The maximum absolute atomic E-state index is 5.77. The van der Waals surface area contributed by atoms with E-state index in [0.29, 0.717) is 23.4 Å². The third kappa shape index (κ3) is 4.55. The van der Waals surface area contributed by atoms with Crippen molar-refractivity contribution < 1.29 is 9.47 Å². The van der Waals surface area contributed by atoms with E-state index in [0.717, 1.165) is 25.2 Å². The molecule has 108 valence electrons. The average molecular weight is 287 g/mol. The SMILES string of the molecule is COc1ccnc(CN(CCCCl)C(C)C)c1OC. The molecule has 0 radical (unpaired) electrons. The summed E-state index contributed by atoms with van der Waals surface area (Å²) in [6, 6.07) is 2.24. The summed E-state index contributed by atoms with van der Waals surface area (Å²) in [7, 11) is 3.27. The van der Waals surface area contributed by atoms with Gasteiger partial charge < -0.3 is 9.47 Å². The zero-order valence-corrected chi connectivity index (χ0v) is 12.9. The van der Waals surface area contributed by atoms with Crippen LogP contribution in [0.15, 0.2) is 12.3 Å². The lowest BCUT2D eigenvalue weighted by Crippen LogP contribution is -2.32. The van der Waals surface area contributed by atoms with Crippen molar-refractivity contribution in [3.63, 3.8) is 0 Å². The Morgan fingerprint density at radius 1 is 1.32 bits per heavy atom. The molecule has 0 aliphatic carbocycles. The molecule has 0 saturated carbocycles. The summed E-state index contributed by atoms with van der Waals surface area (Å²) in [6.07, 6.45) is 2.71. The lowest BCUT2D eigenvalue weighted by atomic mass is 10.2. The van der Waals surface area contributed by atoms with Crippen LogP contribution in [0, 0.1) is 0 Å². The fourth-order valence-corrected chi connectivity index (χ4v) is 2.06. The maximum Gasteiger partial charge on any atom is 0.183 e. The van der Waals surface area contributed by atoms with Crippen molar-refractivity contribution in [3.8, 4) is 11.5 Å². The summed E-state index contributed by atoms with van der Waals surface area (Å²) in [5.74, 6) is 2.10. The van der Waals surface area contributed by atoms with Crippen molar-refractivity contribution in [2.24, 2.45) is 0 Å². The van der Waals surface area contributed by atoms with Crippen molar-refractivity contribution in [2.75, 3.05) is 26.6 Å². The highest BCUT2D eigenvalue weighted by Crippen LogP contribution is 2.30. The Morgan fingerprint density at radius 3 is 2.58 bits per heavy atom. The Balaban J connectivity index is 2.89. The molecule has 19 heavy (non-hydrogen) atoms. The third-order valence-electron chi connectivity index (χ3n) is 3.03. The summed E-state index contributed by atoms with van der Waals surface area (Å²) in [5.41, 5.74) is 0.894. The number of halogens is 1. The van der Waals surface area contributed by atoms with Crippen molar-refractivity contribution in [1.82, 2.24) is 9.88 Å². The van der Waals surface area contributed by atoms with E-state index < -0.39 is 0 Å². The van der Waals surface area contributed by atoms with E-state index in [2.05, 4.69) is 23.7 Å². The first-order valence-electron chi connectivity index (χ1n) is 6.49. The molecule has 0 unspecified atom stereocenters. The molecule has 0 N–H and O–H groups in total. The smallest absolute Gasteiger partial charge is 0.183 e. The molecule has 0 bridgehead atoms. The Kier molecular flexibility index (Phi) is 6.95. The molecule has 0 atom stereocenters. The number of methoxy groups -OCH3 is 2. The van der Waals surface area contributed by atoms with Gasteiger partial charge in [-0.1, -0.05) is 0 Å². The van der Waals surface area contributed by atoms with Crippen molar-refractivity contribution >= 4 is 11.6 Å². The number of pyridine rings is 1. The van der Waals surface area contributed by atoms with E-state index in [1.54, 1.807) is 26.5 Å². The normalized spacial score (nSPS) is 11.1. The van der Waals surface area contributed by atoms with Crippen LogP contribution in [-0.2, 0) is 6.54 Å². The van der Waals surface area contributed by atoms with E-state index in [9.17, 15) is 0 Å². The maximum atomic E-state index is 5.77. The largest absolute Gasteiger partial charge is 0.493 e. The number of nitrogens with zero attached hydrogens (tertiary/aromatic N) is 2. The molecular formula is C14H23ClN2O2. The molecule has 5 heteroatoms. The van der Waals surface area contributed by atoms with Crippen molar-refractivity contribution in [2.45, 2.75) is 32.9 Å². The van der Waals surface area contributed by atoms with Crippen LogP contribution >= 0.6 is 11.6 Å². The Hall–Kier alpha value is -1.00. The Morgan fingerprint density at radius 2 is 2.05 bits per heavy atom. The topological polar surface area (TPSA) is 34.6 Å². The Labute approximate surface area is 120 Å². The van der Waals surface area contributed by atoms with Gasteiger partial charge in [0.2, 0.25) is 0 Å². The van der Waals surface area contributed by atoms with Gasteiger partial charge in [0.05, 0.1) is 14.2 Å². The van der Waals surface area contributed by atoms with Gasteiger partial charge in [-0.2, -0.15) is 0 Å². The van der Waals surface area contributed by atoms with E-state index in [1.165, 1.54) is 0 Å². The summed E-state index contributed by atoms with van der Waals surface area (Å²) >= 11 is 5.77. The minimum Gasteiger partial charge on any atom is -0.493 e. The molecule has 1 rings (SSSR count). The van der Waals surface area contributed by atoms with Crippen LogP contribution in [0.5, 0.6) is 11.5 Å². The van der Waals surface area contributed by atoms with E-state index in [-0.39, 0.29) is 0 Å². The first-order valence-corrected chi connectivity index (χ1v) is 7.03. The van der Waals surface area contributed by atoms with Gasteiger partial charge >= 0.3 is 0 Å². The van der Waals surface area contributed by atoms with Crippen LogP contribution in [0.25, 0.3) is 0 Å². The Bertz CT molecular complexity index is 386. The van der Waals surface area contributed by atoms with Crippen LogP contribution in [0.4, 0.5) is 0 Å². The average Bonchev–Trinajstić information content (AvgIpc) is 2.42. The predicted molar refractivity (Wildman–Crippen MR) is 78.2 cm³/mol. The fraction of sp³-hybridized carbons (Fsp3) is 0.643. The van der Waals surface area contributed by atoms with Crippen LogP contribution in [0.1, 0.15) is 26.0 Å². The quantitative estimate of drug-likeness (QED) is 0.688. The molecule has 1 heterocycles. The number of aromatic nitrogens is 1. The fourth-order valence-electron chi connectivity index (χ4n) is 1.94. The van der Waals surface area contributed by atoms with Gasteiger partial charge in [0.1, 0.15) is 5.69 Å². The molecule has 0 fully saturated rings. The predicted octanol–water partition coefficient (Wildman–Crippen LogP) is 2.94. The number of rotatable bonds is 8. The first kappa shape index (κ1) is 16.1. The number of hydrogen-bond acceptors (Lipinski definition) is 4. The van der Waals surface area contributed by atoms with Gasteiger partial charge in [0.15, 0.2) is 11.5 Å². The van der Waals surface area contributed by atoms with Gasteiger partial charge in [-0.3, -0.25) is 9.88 Å². The van der Waals surface area contributed by atoms with Gasteiger partial charge in [0, 0.05) is 30.7 Å². The van der Waals surface area contributed by atoms with Crippen LogP contribution in [0.2, 0.25) is 0 Å². The van der Waals surface area contributed by atoms with E-state index in [4.69, 9.17) is 21.1 Å². The van der Waals surface area contributed by atoms with E-state index in [1.807, 2.05) is 0 Å². The molecular weight excluding hydrogens is 264 g/mol. The standard InChI is InChI=1S/C14H23ClN2O2/c1-11(2)17(9-5-7-15)10-12-14(19-4)13(18-3)6-8-16-12/h6,8,11H,5,7,9-10H2,1-4H3. The number of alkyl halides is 1. The lowest BCUT2D eigenvalue weighted by Gasteiger charge is -2.26. The second-order valence-corrected chi connectivity index (χ2v) is 4.98. The van der Waals surface area contributed by atoms with Crippen molar-refractivity contribution in [3.05, 3.63) is 18.0 Å². The number of hydrogen-bond donors (Lipinski definition) is 0. The summed E-state index contributed by atoms with van der Waals surface area (Å²) in [6.45, 7) is 6.01. The first-order chi connectivity index (χ1) is 9.13. The highest BCUT2D eigenvalue weighted by Gasteiger charge is 2.16. The second kappa shape index (κ2) is 8.23. The molecule has 4 nitrogen and oxygen atoms in total. The minimum absolute atomic E-state index is 0.431. The molecule has 0 aromatic carbocycles. The number of ether oxygens (including phenoxy) is 2. The summed E-state index contributed by atoms with van der Waals surface area (Å²) < 4.78 is 10.7. The monoisotopic (exact) mass is 286 g/mol. The van der Waals surface area contributed by atoms with Crippen LogP contribution < -0.4 is 9.47 Å². The minimum atomic E-state index is 0.431. The zero-order valence-electron chi connectivity index (χ0n) is 12.1. The molecule has 0 amide bonds. The van der Waals surface area contributed by atoms with Gasteiger partial charge in [-0.05, 0) is 26.8 Å². The summed E-state index contributed by atoms with van der Waals surface area (Å²) in [5, 5.41) is 0. The molecule has 0 aliphatic heterocycles. The summed E-state index contributed by atoms with van der Waals surface area (Å²) in [4.78, 5) is 6.73. The lowest BCUT2D eigenvalue weighted by molar-refractivity contribution is 0.207. The molecule has 1 aromatic heterocycles.